The summed E-state index contributed by atoms with van der Waals surface area (Å²) >= 11 is 1.97. The van der Waals surface area contributed by atoms with Gasteiger partial charge in [-0.05, 0) is 30.2 Å². The van der Waals surface area contributed by atoms with Crippen molar-refractivity contribution in [1.29, 1.82) is 0 Å². The second-order valence-electron chi connectivity index (χ2n) is 6.35. The molecule has 4 nitrogen and oxygen atoms in total. The van der Waals surface area contributed by atoms with E-state index in [1.165, 1.54) is 6.07 Å². The first-order valence-corrected chi connectivity index (χ1v) is 9.39. The van der Waals surface area contributed by atoms with Gasteiger partial charge in [-0.2, -0.15) is 11.8 Å². The number of hydrogen-bond donors (Lipinski definition) is 1. The van der Waals surface area contributed by atoms with E-state index >= 15 is 0 Å². The summed E-state index contributed by atoms with van der Waals surface area (Å²) in [4.78, 5) is 14.0. The molecule has 0 aromatic heterocycles. The summed E-state index contributed by atoms with van der Waals surface area (Å²) < 4.78 is 19.6. The van der Waals surface area contributed by atoms with Crippen molar-refractivity contribution in [3.05, 3.63) is 59.9 Å². The minimum absolute atomic E-state index is 0.182. The summed E-state index contributed by atoms with van der Waals surface area (Å²) in [7, 11) is 0. The molecule has 0 aliphatic carbocycles. The maximum atomic E-state index is 14.5. The molecule has 4 rings (SSSR count). The van der Waals surface area contributed by atoms with Crippen molar-refractivity contribution in [3.8, 4) is 0 Å². The highest BCUT2D eigenvalue weighted by molar-refractivity contribution is 8.00. The Morgan fingerprint density at radius 1 is 1.28 bits per heavy atom. The van der Waals surface area contributed by atoms with Crippen molar-refractivity contribution in [1.82, 2.24) is 0 Å². The van der Waals surface area contributed by atoms with Gasteiger partial charge in [0.15, 0.2) is 0 Å². The van der Waals surface area contributed by atoms with Crippen LogP contribution in [-0.2, 0) is 11.3 Å². The number of benzene rings is 2. The highest BCUT2D eigenvalue weighted by atomic mass is 32.2. The van der Waals surface area contributed by atoms with Gasteiger partial charge in [0.05, 0.1) is 5.69 Å². The zero-order valence-corrected chi connectivity index (χ0v) is 14.5. The molecular formula is C19H19FN2O2S. The highest BCUT2D eigenvalue weighted by Gasteiger charge is 2.39. The smallest absolute Gasteiger partial charge is 0.411 e. The molecule has 2 aromatic rings. The van der Waals surface area contributed by atoms with Crippen LogP contribution < -0.4 is 10.2 Å². The van der Waals surface area contributed by atoms with E-state index in [0.717, 1.165) is 24.3 Å². The van der Waals surface area contributed by atoms with E-state index in [1.54, 1.807) is 12.1 Å². The minimum atomic E-state index is -0.590. The number of carbonyl (C=O) groups is 1. The summed E-state index contributed by atoms with van der Waals surface area (Å²) in [6.45, 7) is 1.08. The Hall–Kier alpha value is -2.21. The number of nitrogens with one attached hydrogen (secondary N) is 1. The molecule has 0 saturated carbocycles. The second kappa shape index (κ2) is 6.96. The molecule has 2 aliphatic rings. The molecule has 2 aromatic carbocycles. The number of ether oxygens (including phenoxy) is 1. The molecule has 130 valence electrons. The monoisotopic (exact) mass is 358 g/mol. The second-order valence-corrected chi connectivity index (χ2v) is 7.68. The standard InChI is InChI=1S/C19H19FN2O2S/c20-17-8-14(21-19(23)24-11-13-4-2-1-3-5-13)6-7-18(17)22-10-16-9-15(22)12-25-16/h1-8,15-16H,9-12H2,(H,21,23)/t15-,16-/m0/s1. The number of nitrogens with zero attached hydrogens (tertiary/aromatic N) is 1. The van der Waals surface area contributed by atoms with Crippen molar-refractivity contribution in [3.63, 3.8) is 0 Å². The van der Waals surface area contributed by atoms with Crippen LogP contribution >= 0.6 is 11.8 Å². The SMILES string of the molecule is O=C(Nc1ccc(N2C[C@@H]3C[C@H]2CS3)c(F)c1)OCc1ccccc1. The number of rotatable bonds is 4. The third-order valence-corrected chi connectivity index (χ3v) is 6.01. The van der Waals surface area contributed by atoms with E-state index in [4.69, 9.17) is 4.74 Å². The van der Waals surface area contributed by atoms with Crippen molar-refractivity contribution in [2.75, 3.05) is 22.5 Å². The summed E-state index contributed by atoms with van der Waals surface area (Å²) in [6.07, 6.45) is 0.545. The lowest BCUT2D eigenvalue weighted by Gasteiger charge is -2.29. The van der Waals surface area contributed by atoms with Gasteiger partial charge in [-0.1, -0.05) is 30.3 Å². The Morgan fingerprint density at radius 2 is 2.12 bits per heavy atom. The maximum absolute atomic E-state index is 14.5. The number of thioether (sulfide) groups is 1. The van der Waals surface area contributed by atoms with E-state index in [1.807, 2.05) is 42.1 Å². The Bertz CT molecular complexity index is 771. The van der Waals surface area contributed by atoms with Gasteiger partial charge in [-0.3, -0.25) is 5.32 Å². The van der Waals surface area contributed by atoms with Gasteiger partial charge in [0.25, 0.3) is 0 Å². The summed E-state index contributed by atoms with van der Waals surface area (Å²) in [5.41, 5.74) is 1.93. The third kappa shape index (κ3) is 3.58. The Kier molecular flexibility index (Phi) is 4.53. The van der Waals surface area contributed by atoms with E-state index in [-0.39, 0.29) is 12.4 Å². The van der Waals surface area contributed by atoms with Crippen LogP contribution in [0.1, 0.15) is 12.0 Å². The average Bonchev–Trinajstić information content (AvgIpc) is 3.24. The number of fused-ring (bicyclic) bond motifs is 2. The fraction of sp³-hybridized carbons (Fsp3) is 0.316. The Morgan fingerprint density at radius 3 is 2.80 bits per heavy atom. The van der Waals surface area contributed by atoms with E-state index in [2.05, 4.69) is 10.2 Å². The van der Waals surface area contributed by atoms with Crippen LogP contribution in [0.25, 0.3) is 0 Å². The first kappa shape index (κ1) is 16.3. The Labute approximate surface area is 150 Å². The fourth-order valence-corrected chi connectivity index (χ4v) is 4.82. The topological polar surface area (TPSA) is 41.6 Å². The first-order chi connectivity index (χ1) is 12.2. The molecule has 6 heteroatoms. The zero-order valence-electron chi connectivity index (χ0n) is 13.7. The quantitative estimate of drug-likeness (QED) is 0.886. The van der Waals surface area contributed by atoms with Crippen LogP contribution in [-0.4, -0.2) is 29.7 Å². The van der Waals surface area contributed by atoms with Crippen LogP contribution in [0.2, 0.25) is 0 Å². The van der Waals surface area contributed by atoms with Crippen LogP contribution in [0.5, 0.6) is 0 Å². The van der Waals surface area contributed by atoms with E-state index < -0.39 is 6.09 Å². The highest BCUT2D eigenvalue weighted by Crippen LogP contribution is 2.41. The fourth-order valence-electron chi connectivity index (χ4n) is 3.39. The van der Waals surface area contributed by atoms with Crippen molar-refractivity contribution < 1.29 is 13.9 Å². The molecule has 2 fully saturated rings. The molecule has 2 bridgehead atoms. The molecule has 2 atom stereocenters. The van der Waals surface area contributed by atoms with Gasteiger partial charge in [0.1, 0.15) is 12.4 Å². The predicted molar refractivity (Wildman–Crippen MR) is 98.6 cm³/mol. The molecule has 0 radical (unpaired) electrons. The Balaban J connectivity index is 1.36. The molecule has 1 N–H and O–H groups in total. The van der Waals surface area contributed by atoms with Crippen molar-refractivity contribution in [2.45, 2.75) is 24.3 Å². The molecule has 25 heavy (non-hydrogen) atoms. The molecule has 2 heterocycles. The zero-order chi connectivity index (χ0) is 17.2. The van der Waals surface area contributed by atoms with Gasteiger partial charge < -0.3 is 9.64 Å². The number of hydrogen-bond acceptors (Lipinski definition) is 4. The van der Waals surface area contributed by atoms with Crippen LogP contribution in [0, 0.1) is 5.82 Å². The lowest BCUT2D eigenvalue weighted by Crippen LogP contribution is -2.34. The van der Waals surface area contributed by atoms with Crippen molar-refractivity contribution >= 4 is 29.2 Å². The number of anilines is 2. The van der Waals surface area contributed by atoms with Gasteiger partial charge in [-0.25, -0.2) is 9.18 Å². The number of amides is 1. The van der Waals surface area contributed by atoms with E-state index in [0.29, 0.717) is 22.7 Å². The summed E-state index contributed by atoms with van der Waals surface area (Å²) in [5, 5.41) is 3.20. The molecule has 0 spiro atoms. The predicted octanol–water partition coefficient (Wildman–Crippen LogP) is 4.27. The molecular weight excluding hydrogens is 339 g/mol. The van der Waals surface area contributed by atoms with Crippen LogP contribution in [0.15, 0.2) is 48.5 Å². The normalized spacial score (nSPS) is 21.4. The third-order valence-electron chi connectivity index (χ3n) is 4.62. The largest absolute Gasteiger partial charge is 0.444 e. The van der Waals surface area contributed by atoms with Gasteiger partial charge >= 0.3 is 6.09 Å². The lowest BCUT2D eigenvalue weighted by atomic mass is 10.2. The summed E-state index contributed by atoms with van der Waals surface area (Å²) in [6, 6.07) is 14.7. The summed E-state index contributed by atoms with van der Waals surface area (Å²) in [5.74, 6) is 0.758. The number of carbonyl (C=O) groups excluding carboxylic acids is 1. The van der Waals surface area contributed by atoms with Gasteiger partial charge in [-0.15, -0.1) is 0 Å². The van der Waals surface area contributed by atoms with Crippen LogP contribution in [0.4, 0.5) is 20.6 Å². The van der Waals surface area contributed by atoms with E-state index in [9.17, 15) is 9.18 Å². The number of halogens is 1. The molecule has 0 unspecified atom stereocenters. The minimum Gasteiger partial charge on any atom is -0.444 e. The van der Waals surface area contributed by atoms with Crippen LogP contribution in [0.3, 0.4) is 0 Å². The molecule has 2 saturated heterocycles. The first-order valence-electron chi connectivity index (χ1n) is 8.34. The van der Waals surface area contributed by atoms with Gasteiger partial charge in [0, 0.05) is 29.3 Å². The maximum Gasteiger partial charge on any atom is 0.411 e. The van der Waals surface area contributed by atoms with Gasteiger partial charge in [0.2, 0.25) is 0 Å². The average molecular weight is 358 g/mol. The molecule has 1 amide bonds. The lowest BCUT2D eigenvalue weighted by molar-refractivity contribution is 0.155. The van der Waals surface area contributed by atoms with Crippen molar-refractivity contribution in [2.24, 2.45) is 0 Å². The molecule has 2 aliphatic heterocycles.